The first-order valence-electron chi connectivity index (χ1n) is 6.18. The predicted octanol–water partition coefficient (Wildman–Crippen LogP) is -1.56. The SMILES string of the molecule is CC[C@@H](O)[C@@H](O)Cc1c[nH]c2c1N1NC2(O)N=C1N. The fourth-order valence-corrected chi connectivity index (χ4v) is 2.50. The summed E-state index contributed by atoms with van der Waals surface area (Å²) in [7, 11) is 0. The van der Waals surface area contributed by atoms with E-state index in [0.717, 1.165) is 5.56 Å². The lowest BCUT2D eigenvalue weighted by molar-refractivity contribution is 0.0182. The molecule has 0 spiro atoms. The Kier molecular flexibility index (Phi) is 2.58. The van der Waals surface area contributed by atoms with E-state index in [1.807, 2.05) is 0 Å². The summed E-state index contributed by atoms with van der Waals surface area (Å²) in [6.45, 7) is 1.80. The summed E-state index contributed by atoms with van der Waals surface area (Å²) in [4.78, 5) is 6.83. The number of hydrazine groups is 1. The lowest BCUT2D eigenvalue weighted by atomic mass is 10.0. The number of aromatic amines is 1. The maximum absolute atomic E-state index is 10.2. The molecule has 104 valence electrons. The third kappa shape index (κ3) is 1.65. The van der Waals surface area contributed by atoms with Crippen molar-refractivity contribution in [2.75, 3.05) is 5.01 Å². The lowest BCUT2D eigenvalue weighted by Gasteiger charge is -2.19. The number of guanidine groups is 1. The maximum Gasteiger partial charge on any atom is 0.278 e. The van der Waals surface area contributed by atoms with Crippen molar-refractivity contribution in [2.45, 2.75) is 37.8 Å². The van der Waals surface area contributed by atoms with Crippen LogP contribution in [0, 0.1) is 0 Å². The first-order chi connectivity index (χ1) is 8.96. The summed E-state index contributed by atoms with van der Waals surface area (Å²) in [5, 5.41) is 31.2. The number of aliphatic hydroxyl groups excluding tert-OH is 2. The molecule has 2 aliphatic heterocycles. The van der Waals surface area contributed by atoms with Crippen molar-refractivity contribution in [1.82, 2.24) is 10.4 Å². The quantitative estimate of drug-likeness (QED) is 0.391. The molecule has 0 radical (unpaired) electrons. The van der Waals surface area contributed by atoms with Crippen molar-refractivity contribution in [3.63, 3.8) is 0 Å². The molecule has 8 nitrogen and oxygen atoms in total. The summed E-state index contributed by atoms with van der Waals surface area (Å²) in [6.07, 6.45) is 0.786. The number of rotatable bonds is 4. The van der Waals surface area contributed by atoms with E-state index in [9.17, 15) is 15.3 Å². The van der Waals surface area contributed by atoms with Gasteiger partial charge >= 0.3 is 0 Å². The molecule has 1 unspecified atom stereocenters. The summed E-state index contributed by atoms with van der Waals surface area (Å²) >= 11 is 0. The van der Waals surface area contributed by atoms with Crippen molar-refractivity contribution in [2.24, 2.45) is 10.7 Å². The smallest absolute Gasteiger partial charge is 0.278 e. The molecule has 1 aromatic heterocycles. The Hall–Kier alpha value is -1.61. The van der Waals surface area contributed by atoms with Crippen LogP contribution in [0.3, 0.4) is 0 Å². The second kappa shape index (κ2) is 3.94. The van der Waals surface area contributed by atoms with Gasteiger partial charge in [0.25, 0.3) is 5.85 Å². The van der Waals surface area contributed by atoms with Crippen LogP contribution in [-0.2, 0) is 12.3 Å². The molecule has 0 fully saturated rings. The molecular formula is C11H17N5O3. The minimum absolute atomic E-state index is 0.168. The first kappa shape index (κ1) is 12.4. The minimum atomic E-state index is -1.55. The molecule has 8 heteroatoms. The van der Waals surface area contributed by atoms with Crippen LogP contribution in [-0.4, -0.2) is 38.5 Å². The van der Waals surface area contributed by atoms with E-state index in [-0.39, 0.29) is 12.4 Å². The van der Waals surface area contributed by atoms with Crippen LogP contribution in [0.4, 0.5) is 5.69 Å². The molecule has 0 aromatic carbocycles. The molecular weight excluding hydrogens is 250 g/mol. The molecule has 0 aliphatic carbocycles. The van der Waals surface area contributed by atoms with Crippen molar-refractivity contribution in [3.05, 3.63) is 17.5 Å². The zero-order chi connectivity index (χ0) is 13.8. The first-order valence-corrected chi connectivity index (χ1v) is 6.18. The number of nitrogens with one attached hydrogen (secondary N) is 2. The van der Waals surface area contributed by atoms with Gasteiger partial charge in [0.15, 0.2) is 0 Å². The molecule has 2 aliphatic rings. The third-order valence-corrected chi connectivity index (χ3v) is 3.57. The molecule has 19 heavy (non-hydrogen) atoms. The lowest BCUT2D eigenvalue weighted by Crippen LogP contribution is -2.42. The highest BCUT2D eigenvalue weighted by atomic mass is 16.3. The molecule has 3 rings (SSSR count). The Morgan fingerprint density at radius 3 is 2.89 bits per heavy atom. The molecule has 0 saturated carbocycles. The Morgan fingerprint density at radius 1 is 1.47 bits per heavy atom. The van der Waals surface area contributed by atoms with Crippen LogP contribution in [0.15, 0.2) is 11.2 Å². The number of aliphatic hydroxyl groups is 3. The van der Waals surface area contributed by atoms with Gasteiger partial charge in [-0.15, -0.1) is 0 Å². The van der Waals surface area contributed by atoms with E-state index in [1.165, 1.54) is 5.01 Å². The van der Waals surface area contributed by atoms with Crippen LogP contribution >= 0.6 is 0 Å². The van der Waals surface area contributed by atoms with Crippen LogP contribution in [0.2, 0.25) is 0 Å². The molecule has 0 amide bonds. The van der Waals surface area contributed by atoms with Gasteiger partial charge in [-0.25, -0.2) is 5.01 Å². The zero-order valence-electron chi connectivity index (χ0n) is 10.5. The van der Waals surface area contributed by atoms with Gasteiger partial charge in [-0.3, -0.25) is 0 Å². The van der Waals surface area contributed by atoms with E-state index in [4.69, 9.17) is 5.73 Å². The second-order valence-corrected chi connectivity index (χ2v) is 4.87. The summed E-state index contributed by atoms with van der Waals surface area (Å²) in [5.74, 6) is -1.38. The molecule has 2 bridgehead atoms. The summed E-state index contributed by atoms with van der Waals surface area (Å²) < 4.78 is 0. The highest BCUT2D eigenvalue weighted by molar-refractivity contribution is 6.00. The van der Waals surface area contributed by atoms with Crippen molar-refractivity contribution < 1.29 is 15.3 Å². The molecule has 0 saturated heterocycles. The highest BCUT2D eigenvalue weighted by Crippen LogP contribution is 2.42. The summed E-state index contributed by atoms with van der Waals surface area (Å²) in [6, 6.07) is 0. The van der Waals surface area contributed by atoms with Crippen LogP contribution in [0.1, 0.15) is 24.6 Å². The molecule has 3 atom stereocenters. The number of aromatic nitrogens is 1. The van der Waals surface area contributed by atoms with E-state index in [0.29, 0.717) is 17.8 Å². The van der Waals surface area contributed by atoms with Gasteiger partial charge in [-0.05, 0) is 12.0 Å². The van der Waals surface area contributed by atoms with E-state index in [1.54, 1.807) is 13.1 Å². The largest absolute Gasteiger partial charge is 0.390 e. The third-order valence-electron chi connectivity index (χ3n) is 3.57. The van der Waals surface area contributed by atoms with Gasteiger partial charge in [0.2, 0.25) is 5.96 Å². The Morgan fingerprint density at radius 2 is 2.21 bits per heavy atom. The van der Waals surface area contributed by atoms with Gasteiger partial charge in [0.1, 0.15) is 5.69 Å². The second-order valence-electron chi connectivity index (χ2n) is 4.87. The van der Waals surface area contributed by atoms with E-state index < -0.39 is 18.1 Å². The van der Waals surface area contributed by atoms with Crippen molar-refractivity contribution in [1.29, 1.82) is 0 Å². The maximum atomic E-state index is 10.2. The zero-order valence-corrected chi connectivity index (χ0v) is 10.5. The van der Waals surface area contributed by atoms with Gasteiger partial charge in [-0.1, -0.05) is 6.92 Å². The minimum Gasteiger partial charge on any atom is -0.390 e. The van der Waals surface area contributed by atoms with Crippen LogP contribution in [0.5, 0.6) is 0 Å². The van der Waals surface area contributed by atoms with Gasteiger partial charge in [0, 0.05) is 12.6 Å². The van der Waals surface area contributed by atoms with E-state index in [2.05, 4.69) is 15.4 Å². The van der Waals surface area contributed by atoms with Gasteiger partial charge in [0.05, 0.1) is 17.9 Å². The van der Waals surface area contributed by atoms with Crippen LogP contribution in [0.25, 0.3) is 0 Å². The topological polar surface area (TPSA) is 130 Å². The highest BCUT2D eigenvalue weighted by Gasteiger charge is 2.50. The molecule has 3 heterocycles. The number of anilines is 1. The monoisotopic (exact) mass is 267 g/mol. The number of nitrogens with two attached hydrogens (primary N) is 1. The summed E-state index contributed by atoms with van der Waals surface area (Å²) in [5.41, 5.74) is 10.4. The number of fused-ring (bicyclic) bond motifs is 5. The average Bonchev–Trinajstić information content (AvgIpc) is 2.98. The Balaban J connectivity index is 1.89. The normalized spacial score (nSPS) is 27.4. The number of nitrogens with zero attached hydrogens (tertiary/aromatic N) is 2. The standard InChI is InChI=1S/C11H17N5O3/c1-2-6(17)7(18)3-5-4-13-9-8(5)16-10(12)14-11(9,19)15-16/h4,6-7,13,15,17-19H,2-3H2,1H3,(H2,12,14)/t6-,7+,11?/m1/s1. The van der Waals surface area contributed by atoms with Gasteiger partial charge in [-0.2, -0.15) is 10.4 Å². The average molecular weight is 267 g/mol. The van der Waals surface area contributed by atoms with Crippen molar-refractivity contribution in [3.8, 4) is 0 Å². The number of hydrogen-bond acceptors (Lipinski definition) is 7. The fourth-order valence-electron chi connectivity index (χ4n) is 2.50. The Labute approximate surface area is 109 Å². The number of hydrogen-bond donors (Lipinski definition) is 6. The molecule has 1 aromatic rings. The fraction of sp³-hybridized carbons (Fsp3) is 0.545. The van der Waals surface area contributed by atoms with E-state index >= 15 is 0 Å². The van der Waals surface area contributed by atoms with Gasteiger partial charge < -0.3 is 26.0 Å². The molecule has 7 N–H and O–H groups in total. The van der Waals surface area contributed by atoms with Crippen molar-refractivity contribution >= 4 is 11.6 Å². The number of H-pyrrole nitrogens is 1. The Bertz CT molecular complexity index is 542. The predicted molar refractivity (Wildman–Crippen MR) is 67.9 cm³/mol. The number of aliphatic imine (C=N–C) groups is 1. The van der Waals surface area contributed by atoms with Crippen LogP contribution < -0.4 is 16.2 Å².